The summed E-state index contributed by atoms with van der Waals surface area (Å²) < 4.78 is 0. The molecule has 1 aromatic carbocycles. The van der Waals surface area contributed by atoms with Crippen LogP contribution < -0.4 is 10.6 Å². The summed E-state index contributed by atoms with van der Waals surface area (Å²) in [5.41, 5.74) is 0. The molecular weight excluding hydrogens is 242 g/mol. The molecule has 2 N–H and O–H groups in total. The van der Waals surface area contributed by atoms with Gasteiger partial charge in [0, 0.05) is 25.0 Å². The molecule has 0 saturated heterocycles. The van der Waals surface area contributed by atoms with E-state index in [0.29, 0.717) is 0 Å². The van der Waals surface area contributed by atoms with Crippen molar-refractivity contribution in [1.82, 2.24) is 10.6 Å². The van der Waals surface area contributed by atoms with Crippen LogP contribution in [-0.4, -0.2) is 31.8 Å². The first kappa shape index (κ1) is 14.9. The van der Waals surface area contributed by atoms with Crippen molar-refractivity contribution in [2.24, 2.45) is 4.99 Å². The van der Waals surface area contributed by atoms with E-state index in [1.807, 2.05) is 18.8 Å². The molecule has 3 nitrogen and oxygen atoms in total. The Morgan fingerprint density at radius 2 is 1.89 bits per heavy atom. The summed E-state index contributed by atoms with van der Waals surface area (Å²) in [5.74, 6) is 2.03. The lowest BCUT2D eigenvalue weighted by molar-refractivity contribution is 0.767. The number of hydrogen-bond acceptors (Lipinski definition) is 2. The average Bonchev–Trinajstić information content (AvgIpc) is 2.43. The molecule has 1 aromatic rings. The zero-order chi connectivity index (χ0) is 13.1. The van der Waals surface area contributed by atoms with Crippen LogP contribution in [0.3, 0.4) is 0 Å². The van der Waals surface area contributed by atoms with Crippen molar-refractivity contribution in [3.05, 3.63) is 30.3 Å². The van der Waals surface area contributed by atoms with E-state index in [9.17, 15) is 0 Å². The molecule has 18 heavy (non-hydrogen) atoms. The first-order valence-corrected chi connectivity index (χ1v) is 7.47. The molecule has 4 heteroatoms. The van der Waals surface area contributed by atoms with Crippen LogP contribution in [0.15, 0.2) is 40.2 Å². The molecule has 1 rings (SSSR count). The Morgan fingerprint density at radius 1 is 1.17 bits per heavy atom. The van der Waals surface area contributed by atoms with Crippen molar-refractivity contribution in [1.29, 1.82) is 0 Å². The summed E-state index contributed by atoms with van der Waals surface area (Å²) in [7, 11) is 1.81. The molecule has 0 aliphatic heterocycles. The lowest BCUT2D eigenvalue weighted by Crippen LogP contribution is -2.38. The number of rotatable bonds is 7. The van der Waals surface area contributed by atoms with E-state index in [0.717, 1.165) is 37.6 Å². The van der Waals surface area contributed by atoms with Crippen LogP contribution >= 0.6 is 11.8 Å². The van der Waals surface area contributed by atoms with Crippen LogP contribution in [0.25, 0.3) is 0 Å². The van der Waals surface area contributed by atoms with Crippen molar-refractivity contribution >= 4 is 17.7 Å². The fourth-order valence-corrected chi connectivity index (χ4v) is 2.32. The maximum atomic E-state index is 4.17. The molecule has 0 unspecified atom stereocenters. The largest absolute Gasteiger partial charge is 0.356 e. The Bertz CT molecular complexity index is 338. The summed E-state index contributed by atoms with van der Waals surface area (Å²) >= 11 is 1.90. The SMILES string of the molecule is CCCNC(=NC)NCCCSc1ccccc1. The average molecular weight is 265 g/mol. The van der Waals surface area contributed by atoms with E-state index in [4.69, 9.17) is 0 Å². The van der Waals surface area contributed by atoms with E-state index in [1.165, 1.54) is 4.90 Å². The van der Waals surface area contributed by atoms with Gasteiger partial charge in [-0.2, -0.15) is 0 Å². The highest BCUT2D eigenvalue weighted by Gasteiger charge is 1.96. The van der Waals surface area contributed by atoms with Crippen molar-refractivity contribution in [3.63, 3.8) is 0 Å². The van der Waals surface area contributed by atoms with Crippen LogP contribution in [0, 0.1) is 0 Å². The minimum absolute atomic E-state index is 0.904. The molecule has 0 saturated carbocycles. The van der Waals surface area contributed by atoms with Crippen molar-refractivity contribution in [2.45, 2.75) is 24.7 Å². The summed E-state index contributed by atoms with van der Waals surface area (Å²) in [5, 5.41) is 6.58. The van der Waals surface area contributed by atoms with Gasteiger partial charge in [-0.15, -0.1) is 11.8 Å². The summed E-state index contributed by atoms with van der Waals surface area (Å²) in [6, 6.07) is 10.5. The smallest absolute Gasteiger partial charge is 0.190 e. The first-order valence-electron chi connectivity index (χ1n) is 6.49. The Kier molecular flexibility index (Phi) is 8.13. The van der Waals surface area contributed by atoms with Gasteiger partial charge in [-0.25, -0.2) is 0 Å². The highest BCUT2D eigenvalue weighted by molar-refractivity contribution is 7.99. The molecule has 0 aliphatic carbocycles. The summed E-state index contributed by atoms with van der Waals surface area (Å²) in [4.78, 5) is 5.51. The molecule has 0 radical (unpaired) electrons. The van der Waals surface area contributed by atoms with Crippen LogP contribution in [0.4, 0.5) is 0 Å². The van der Waals surface area contributed by atoms with Gasteiger partial charge < -0.3 is 10.6 Å². The molecule has 0 spiro atoms. The fraction of sp³-hybridized carbons (Fsp3) is 0.500. The summed E-state index contributed by atoms with van der Waals surface area (Å²) in [6.45, 7) is 4.08. The van der Waals surface area contributed by atoms with Gasteiger partial charge >= 0.3 is 0 Å². The Labute approximate surface area is 114 Å². The standard InChI is InChI=1S/C14H23N3S/c1-3-10-16-14(15-2)17-11-7-12-18-13-8-5-4-6-9-13/h4-6,8-9H,3,7,10-12H2,1-2H3,(H2,15,16,17). The molecule has 0 aliphatic rings. The topological polar surface area (TPSA) is 36.4 Å². The minimum atomic E-state index is 0.904. The van der Waals surface area contributed by atoms with Gasteiger partial charge in [0.2, 0.25) is 0 Å². The zero-order valence-electron chi connectivity index (χ0n) is 11.3. The molecule has 0 fully saturated rings. The molecule has 0 amide bonds. The molecule has 0 atom stereocenters. The van der Waals surface area contributed by atoms with E-state index < -0.39 is 0 Å². The van der Waals surface area contributed by atoms with Crippen molar-refractivity contribution in [3.8, 4) is 0 Å². The van der Waals surface area contributed by atoms with Gasteiger partial charge in [-0.05, 0) is 30.7 Å². The van der Waals surface area contributed by atoms with Crippen LogP contribution in [0.1, 0.15) is 19.8 Å². The zero-order valence-corrected chi connectivity index (χ0v) is 12.1. The van der Waals surface area contributed by atoms with Gasteiger partial charge in [-0.3, -0.25) is 4.99 Å². The van der Waals surface area contributed by atoms with Crippen LogP contribution in [0.5, 0.6) is 0 Å². The highest BCUT2D eigenvalue weighted by atomic mass is 32.2. The number of hydrogen-bond donors (Lipinski definition) is 2. The van der Waals surface area contributed by atoms with Gasteiger partial charge in [0.05, 0.1) is 0 Å². The molecule has 100 valence electrons. The number of nitrogens with zero attached hydrogens (tertiary/aromatic N) is 1. The number of benzene rings is 1. The van der Waals surface area contributed by atoms with Gasteiger partial charge in [0.15, 0.2) is 5.96 Å². The fourth-order valence-electron chi connectivity index (χ4n) is 1.45. The Morgan fingerprint density at radius 3 is 2.56 bits per heavy atom. The molecule has 0 bridgehead atoms. The normalized spacial score (nSPS) is 11.3. The Hall–Kier alpha value is -1.16. The predicted octanol–water partition coefficient (Wildman–Crippen LogP) is 2.74. The maximum Gasteiger partial charge on any atom is 0.190 e. The second-order valence-corrected chi connectivity index (χ2v) is 5.11. The monoisotopic (exact) mass is 265 g/mol. The number of thioether (sulfide) groups is 1. The third kappa shape index (κ3) is 6.55. The van der Waals surface area contributed by atoms with E-state index in [-0.39, 0.29) is 0 Å². The third-order valence-electron chi connectivity index (χ3n) is 2.39. The second kappa shape index (κ2) is 9.83. The third-order valence-corrected chi connectivity index (χ3v) is 3.49. The van der Waals surface area contributed by atoms with E-state index >= 15 is 0 Å². The summed E-state index contributed by atoms with van der Waals surface area (Å²) in [6.07, 6.45) is 2.25. The molecule has 0 heterocycles. The Balaban J connectivity index is 2.07. The number of guanidine groups is 1. The van der Waals surface area contributed by atoms with Gasteiger partial charge in [0.25, 0.3) is 0 Å². The van der Waals surface area contributed by atoms with E-state index in [2.05, 4.69) is 52.9 Å². The van der Waals surface area contributed by atoms with Gasteiger partial charge in [0.1, 0.15) is 0 Å². The number of nitrogens with one attached hydrogen (secondary N) is 2. The molecular formula is C14H23N3S. The van der Waals surface area contributed by atoms with Crippen LogP contribution in [-0.2, 0) is 0 Å². The quantitative estimate of drug-likeness (QED) is 0.344. The lowest BCUT2D eigenvalue weighted by Gasteiger charge is -2.10. The lowest BCUT2D eigenvalue weighted by atomic mass is 10.4. The van der Waals surface area contributed by atoms with Crippen molar-refractivity contribution < 1.29 is 0 Å². The van der Waals surface area contributed by atoms with Gasteiger partial charge in [-0.1, -0.05) is 25.1 Å². The highest BCUT2D eigenvalue weighted by Crippen LogP contribution is 2.17. The minimum Gasteiger partial charge on any atom is -0.356 e. The maximum absolute atomic E-state index is 4.17. The number of aliphatic imine (C=N–C) groups is 1. The molecule has 0 aromatic heterocycles. The predicted molar refractivity (Wildman–Crippen MR) is 81.4 cm³/mol. The first-order chi connectivity index (χ1) is 8.86. The van der Waals surface area contributed by atoms with Crippen LogP contribution in [0.2, 0.25) is 0 Å². The second-order valence-electron chi connectivity index (χ2n) is 3.94. The van der Waals surface area contributed by atoms with Crippen molar-refractivity contribution in [2.75, 3.05) is 25.9 Å². The van der Waals surface area contributed by atoms with E-state index in [1.54, 1.807) is 0 Å².